The van der Waals surface area contributed by atoms with Crippen molar-refractivity contribution in [2.45, 2.75) is 46.1 Å². The topological polar surface area (TPSA) is 99.2 Å². The van der Waals surface area contributed by atoms with Crippen molar-refractivity contribution in [2.75, 3.05) is 5.32 Å². The highest BCUT2D eigenvalue weighted by atomic mass is 35.5. The number of esters is 1. The molecule has 2 heterocycles. The number of anilines is 1. The molecule has 3 rings (SSSR count). The van der Waals surface area contributed by atoms with Crippen LogP contribution < -0.4 is 5.32 Å². The third-order valence-corrected chi connectivity index (χ3v) is 4.80. The molecule has 0 saturated carbocycles. The highest BCUT2D eigenvalue weighted by Crippen LogP contribution is 2.25. The van der Waals surface area contributed by atoms with Gasteiger partial charge in [0.1, 0.15) is 16.5 Å². The number of ether oxygens (including phenoxy) is 1. The second-order valence-corrected chi connectivity index (χ2v) is 7.20. The van der Waals surface area contributed by atoms with E-state index in [0.717, 1.165) is 6.42 Å². The van der Waals surface area contributed by atoms with Crippen LogP contribution in [0.15, 0.2) is 40.9 Å². The summed E-state index contributed by atoms with van der Waals surface area (Å²) < 4.78 is 12.0. The zero-order chi connectivity index (χ0) is 21.7. The van der Waals surface area contributed by atoms with Crippen LogP contribution >= 0.6 is 11.6 Å². The standard InChI is InChI=1S/C21H23ClN4O4/c1-4-5-11-16(20(27)23-17-12-13(2)30-25-17)29-21(28)18-14(3)24-26(19(18)22)15-9-7-6-8-10-15/h6-10,12,16H,4-5,11H2,1-3H3,(H,23,25,27). The fourth-order valence-electron chi connectivity index (χ4n) is 2.92. The summed E-state index contributed by atoms with van der Waals surface area (Å²) in [6, 6.07) is 10.8. The molecule has 158 valence electrons. The van der Waals surface area contributed by atoms with E-state index < -0.39 is 18.0 Å². The number of aromatic nitrogens is 3. The summed E-state index contributed by atoms with van der Waals surface area (Å²) in [6.07, 6.45) is 0.925. The highest BCUT2D eigenvalue weighted by molar-refractivity contribution is 6.33. The van der Waals surface area contributed by atoms with Gasteiger partial charge in [0.25, 0.3) is 5.91 Å². The van der Waals surface area contributed by atoms with Crippen LogP contribution in [0.2, 0.25) is 5.15 Å². The van der Waals surface area contributed by atoms with E-state index in [-0.39, 0.29) is 16.5 Å². The smallest absolute Gasteiger partial charge is 0.344 e. The number of hydrogen-bond donors (Lipinski definition) is 1. The number of para-hydroxylation sites is 1. The van der Waals surface area contributed by atoms with Gasteiger partial charge in [-0.3, -0.25) is 4.79 Å². The number of nitrogens with zero attached hydrogens (tertiary/aromatic N) is 3. The molecule has 9 heteroatoms. The van der Waals surface area contributed by atoms with Crippen molar-refractivity contribution < 1.29 is 18.8 Å². The number of carbonyl (C=O) groups excluding carboxylic acids is 2. The van der Waals surface area contributed by atoms with E-state index in [0.29, 0.717) is 30.0 Å². The number of unbranched alkanes of at least 4 members (excludes halogenated alkanes) is 1. The van der Waals surface area contributed by atoms with Crippen molar-refractivity contribution in [1.29, 1.82) is 0 Å². The summed E-state index contributed by atoms with van der Waals surface area (Å²) in [6.45, 7) is 5.37. The number of carbonyl (C=O) groups is 2. The Bertz CT molecular complexity index is 1030. The van der Waals surface area contributed by atoms with E-state index >= 15 is 0 Å². The van der Waals surface area contributed by atoms with Gasteiger partial charge in [-0.05, 0) is 38.8 Å². The molecule has 1 atom stereocenters. The second kappa shape index (κ2) is 9.58. The van der Waals surface area contributed by atoms with Crippen molar-refractivity contribution in [3.63, 3.8) is 0 Å². The molecule has 1 N–H and O–H groups in total. The molecule has 1 aromatic carbocycles. The Hall–Kier alpha value is -3.13. The first kappa shape index (κ1) is 21.6. The molecule has 30 heavy (non-hydrogen) atoms. The van der Waals surface area contributed by atoms with E-state index in [2.05, 4.69) is 15.6 Å². The average molecular weight is 431 g/mol. The van der Waals surface area contributed by atoms with Crippen LogP contribution in [0.4, 0.5) is 5.82 Å². The Labute approximate surface area is 179 Å². The maximum Gasteiger partial charge on any atom is 0.344 e. The minimum Gasteiger partial charge on any atom is -0.449 e. The summed E-state index contributed by atoms with van der Waals surface area (Å²) >= 11 is 6.44. The van der Waals surface area contributed by atoms with Crippen LogP contribution in [-0.2, 0) is 9.53 Å². The second-order valence-electron chi connectivity index (χ2n) is 6.85. The van der Waals surface area contributed by atoms with Gasteiger partial charge in [-0.1, -0.05) is 48.3 Å². The fraction of sp³-hybridized carbons (Fsp3) is 0.333. The van der Waals surface area contributed by atoms with E-state index in [1.54, 1.807) is 19.9 Å². The summed E-state index contributed by atoms with van der Waals surface area (Å²) in [4.78, 5) is 25.6. The molecule has 0 bridgehead atoms. The number of hydrogen-bond acceptors (Lipinski definition) is 6. The molecule has 0 spiro atoms. The molecule has 2 aromatic heterocycles. The first-order valence-corrected chi connectivity index (χ1v) is 10.0. The molecule has 0 aliphatic rings. The molecular weight excluding hydrogens is 408 g/mol. The number of rotatable bonds is 8. The van der Waals surface area contributed by atoms with Gasteiger partial charge in [-0.2, -0.15) is 5.10 Å². The third-order valence-electron chi connectivity index (χ3n) is 4.45. The van der Waals surface area contributed by atoms with Crippen LogP contribution in [0.1, 0.15) is 48.0 Å². The van der Waals surface area contributed by atoms with Gasteiger partial charge in [0, 0.05) is 6.07 Å². The Morgan fingerprint density at radius 2 is 2.00 bits per heavy atom. The number of aryl methyl sites for hydroxylation is 2. The van der Waals surface area contributed by atoms with Gasteiger partial charge in [0.15, 0.2) is 11.9 Å². The average Bonchev–Trinajstić information content (AvgIpc) is 3.27. The normalized spacial score (nSPS) is 11.9. The maximum atomic E-state index is 12.9. The molecular formula is C21H23ClN4O4. The van der Waals surface area contributed by atoms with Gasteiger partial charge >= 0.3 is 5.97 Å². The van der Waals surface area contributed by atoms with Crippen molar-refractivity contribution in [3.8, 4) is 5.69 Å². The molecule has 0 aliphatic heterocycles. The minimum atomic E-state index is -0.995. The lowest BCUT2D eigenvalue weighted by Crippen LogP contribution is -2.33. The molecule has 1 amide bonds. The zero-order valence-corrected chi connectivity index (χ0v) is 17.8. The Morgan fingerprint density at radius 1 is 1.27 bits per heavy atom. The van der Waals surface area contributed by atoms with Gasteiger partial charge < -0.3 is 14.6 Å². The number of benzene rings is 1. The van der Waals surface area contributed by atoms with Gasteiger partial charge in [0.05, 0.1) is 11.4 Å². The van der Waals surface area contributed by atoms with Crippen LogP contribution in [0, 0.1) is 13.8 Å². The predicted octanol–water partition coefficient (Wildman–Crippen LogP) is 4.48. The number of amides is 1. The molecule has 1 unspecified atom stereocenters. The van der Waals surface area contributed by atoms with E-state index in [9.17, 15) is 9.59 Å². The number of halogens is 1. The zero-order valence-electron chi connectivity index (χ0n) is 17.0. The molecule has 3 aromatic rings. The Balaban J connectivity index is 1.80. The van der Waals surface area contributed by atoms with E-state index in [1.807, 2.05) is 37.3 Å². The lowest BCUT2D eigenvalue weighted by Gasteiger charge is -2.16. The van der Waals surface area contributed by atoms with Crippen LogP contribution in [0.5, 0.6) is 0 Å². The molecule has 8 nitrogen and oxygen atoms in total. The predicted molar refractivity (Wildman–Crippen MR) is 112 cm³/mol. The first-order chi connectivity index (χ1) is 14.4. The molecule has 0 radical (unpaired) electrons. The molecule has 0 fully saturated rings. The van der Waals surface area contributed by atoms with E-state index in [4.69, 9.17) is 20.9 Å². The van der Waals surface area contributed by atoms with Gasteiger partial charge in [-0.25, -0.2) is 9.48 Å². The summed E-state index contributed by atoms with van der Waals surface area (Å²) in [5, 5.41) is 10.8. The van der Waals surface area contributed by atoms with Crippen molar-refractivity contribution in [3.05, 3.63) is 58.6 Å². The van der Waals surface area contributed by atoms with Crippen LogP contribution in [0.3, 0.4) is 0 Å². The van der Waals surface area contributed by atoms with Crippen molar-refractivity contribution in [2.24, 2.45) is 0 Å². The first-order valence-electron chi connectivity index (χ1n) is 9.66. The Kier molecular flexibility index (Phi) is 6.89. The maximum absolute atomic E-state index is 12.9. The number of nitrogens with one attached hydrogen (secondary N) is 1. The lowest BCUT2D eigenvalue weighted by molar-refractivity contribution is -0.125. The third kappa shape index (κ3) is 4.88. The quantitative estimate of drug-likeness (QED) is 0.529. The monoisotopic (exact) mass is 430 g/mol. The lowest BCUT2D eigenvalue weighted by atomic mass is 10.1. The largest absolute Gasteiger partial charge is 0.449 e. The van der Waals surface area contributed by atoms with Crippen molar-refractivity contribution >= 4 is 29.3 Å². The van der Waals surface area contributed by atoms with Crippen LogP contribution in [-0.4, -0.2) is 32.9 Å². The summed E-state index contributed by atoms with van der Waals surface area (Å²) in [5.74, 6) is -0.356. The molecule has 0 saturated heterocycles. The van der Waals surface area contributed by atoms with E-state index in [1.165, 1.54) is 4.68 Å². The Morgan fingerprint density at radius 3 is 2.63 bits per heavy atom. The van der Waals surface area contributed by atoms with Crippen molar-refractivity contribution in [1.82, 2.24) is 14.9 Å². The van der Waals surface area contributed by atoms with Gasteiger partial charge in [0.2, 0.25) is 0 Å². The minimum absolute atomic E-state index is 0.130. The molecule has 0 aliphatic carbocycles. The van der Waals surface area contributed by atoms with Gasteiger partial charge in [-0.15, -0.1) is 0 Å². The summed E-state index contributed by atoms with van der Waals surface area (Å²) in [5.41, 5.74) is 1.26. The highest BCUT2D eigenvalue weighted by Gasteiger charge is 2.28. The SMILES string of the molecule is CCCCC(OC(=O)c1c(C)nn(-c2ccccc2)c1Cl)C(=O)Nc1cc(C)on1. The fourth-order valence-corrected chi connectivity index (χ4v) is 3.27. The van der Waals surface area contributed by atoms with Crippen LogP contribution in [0.25, 0.3) is 5.69 Å². The summed E-state index contributed by atoms with van der Waals surface area (Å²) in [7, 11) is 0.